The van der Waals surface area contributed by atoms with Crippen molar-refractivity contribution in [3.8, 4) is 0 Å². The van der Waals surface area contributed by atoms with E-state index in [4.69, 9.17) is 5.73 Å². The number of nitrogens with zero attached hydrogens (tertiary/aromatic N) is 1. The Kier molecular flexibility index (Phi) is 5.75. The van der Waals surface area contributed by atoms with E-state index in [9.17, 15) is 17.6 Å². The molecule has 23 heavy (non-hydrogen) atoms. The third kappa shape index (κ3) is 4.09. The lowest BCUT2D eigenvalue weighted by atomic mass is 10.0. The second-order valence-electron chi connectivity index (χ2n) is 5.99. The molecule has 2 atom stereocenters. The predicted octanol–water partition coefficient (Wildman–Crippen LogP) is 1.72. The largest absolute Gasteiger partial charge is 0.338 e. The van der Waals surface area contributed by atoms with E-state index in [1.54, 1.807) is 4.90 Å². The molecule has 0 bridgehead atoms. The van der Waals surface area contributed by atoms with Crippen molar-refractivity contribution in [1.29, 1.82) is 0 Å². The number of carbonyl (C=O) groups excluding carboxylic acids is 1. The lowest BCUT2D eigenvalue weighted by Gasteiger charge is -2.35. The van der Waals surface area contributed by atoms with Crippen LogP contribution in [0.15, 0.2) is 29.2 Å². The summed E-state index contributed by atoms with van der Waals surface area (Å²) in [5, 5.41) is -0.860. The van der Waals surface area contributed by atoms with Gasteiger partial charge < -0.3 is 10.6 Å². The summed E-state index contributed by atoms with van der Waals surface area (Å²) in [4.78, 5) is 14.2. The van der Waals surface area contributed by atoms with E-state index in [1.165, 1.54) is 19.1 Å². The summed E-state index contributed by atoms with van der Waals surface area (Å²) in [6.45, 7) is 2.53. The summed E-state index contributed by atoms with van der Waals surface area (Å²) in [5.41, 5.74) is 5.71. The van der Waals surface area contributed by atoms with Crippen LogP contribution in [0.2, 0.25) is 0 Å². The van der Waals surface area contributed by atoms with E-state index >= 15 is 0 Å². The highest BCUT2D eigenvalue weighted by molar-refractivity contribution is 7.92. The molecule has 1 heterocycles. The number of likely N-dealkylation sites (tertiary alicyclic amines) is 1. The maximum absolute atomic E-state index is 12.9. The van der Waals surface area contributed by atoms with Crippen LogP contribution in [0.1, 0.15) is 32.6 Å². The zero-order valence-electron chi connectivity index (χ0n) is 13.2. The van der Waals surface area contributed by atoms with Crippen molar-refractivity contribution in [1.82, 2.24) is 4.90 Å². The minimum atomic E-state index is -3.66. The van der Waals surface area contributed by atoms with Gasteiger partial charge in [-0.1, -0.05) is 0 Å². The van der Waals surface area contributed by atoms with Crippen molar-refractivity contribution in [2.24, 2.45) is 5.73 Å². The fourth-order valence-corrected chi connectivity index (χ4v) is 4.25. The van der Waals surface area contributed by atoms with E-state index in [1.807, 2.05) is 0 Å². The minimum absolute atomic E-state index is 0.00280. The van der Waals surface area contributed by atoms with Gasteiger partial charge in [0.2, 0.25) is 5.91 Å². The average Bonchev–Trinajstić information content (AvgIpc) is 2.55. The Morgan fingerprint density at radius 1 is 1.35 bits per heavy atom. The molecule has 1 amide bonds. The highest BCUT2D eigenvalue weighted by Gasteiger charge is 2.31. The van der Waals surface area contributed by atoms with Crippen molar-refractivity contribution in [3.05, 3.63) is 30.1 Å². The quantitative estimate of drug-likeness (QED) is 0.826. The summed E-state index contributed by atoms with van der Waals surface area (Å²) in [7, 11) is -3.66. The highest BCUT2D eigenvalue weighted by atomic mass is 32.2. The van der Waals surface area contributed by atoms with Gasteiger partial charge in [0.25, 0.3) is 0 Å². The van der Waals surface area contributed by atoms with E-state index in [0.717, 1.165) is 31.4 Å². The maximum atomic E-state index is 12.9. The van der Waals surface area contributed by atoms with E-state index < -0.39 is 20.9 Å². The number of piperidine rings is 1. The van der Waals surface area contributed by atoms with Crippen LogP contribution in [0.3, 0.4) is 0 Å². The third-order valence-electron chi connectivity index (χ3n) is 4.35. The van der Waals surface area contributed by atoms with Gasteiger partial charge >= 0.3 is 0 Å². The van der Waals surface area contributed by atoms with E-state index in [0.29, 0.717) is 13.1 Å². The predicted molar refractivity (Wildman–Crippen MR) is 86.1 cm³/mol. The summed E-state index contributed by atoms with van der Waals surface area (Å²) in [6, 6.07) is 4.68. The van der Waals surface area contributed by atoms with Crippen LogP contribution in [-0.2, 0) is 14.6 Å². The molecule has 0 spiro atoms. The number of sulfone groups is 1. The Hall–Kier alpha value is -1.47. The molecule has 1 fully saturated rings. The number of halogens is 1. The Labute approximate surface area is 136 Å². The summed E-state index contributed by atoms with van der Waals surface area (Å²) < 4.78 is 37.9. The number of benzene rings is 1. The smallest absolute Gasteiger partial charge is 0.224 e. The molecule has 5 nitrogen and oxygen atoms in total. The summed E-state index contributed by atoms with van der Waals surface area (Å²) in [6.07, 6.45) is 2.73. The number of rotatable bonds is 5. The second kappa shape index (κ2) is 7.40. The van der Waals surface area contributed by atoms with Crippen LogP contribution in [-0.4, -0.2) is 43.6 Å². The van der Waals surface area contributed by atoms with Crippen LogP contribution in [0.25, 0.3) is 0 Å². The molecule has 1 aromatic carbocycles. The fourth-order valence-electron chi connectivity index (χ4n) is 2.90. The third-order valence-corrected chi connectivity index (χ3v) is 6.51. The first-order chi connectivity index (χ1) is 10.9. The van der Waals surface area contributed by atoms with Gasteiger partial charge in [0.1, 0.15) is 5.82 Å². The van der Waals surface area contributed by atoms with Crippen molar-refractivity contribution in [3.63, 3.8) is 0 Å². The SMILES string of the molecule is CC(CC(=O)N1CCCCC1CN)S(=O)(=O)c1ccc(F)cc1. The fraction of sp³-hybridized carbons (Fsp3) is 0.562. The molecule has 1 aromatic rings. The molecule has 2 rings (SSSR count). The number of hydrogen-bond donors (Lipinski definition) is 1. The van der Waals surface area contributed by atoms with Gasteiger partial charge in [0.15, 0.2) is 9.84 Å². The van der Waals surface area contributed by atoms with Crippen molar-refractivity contribution >= 4 is 15.7 Å². The first kappa shape index (κ1) is 17.9. The van der Waals surface area contributed by atoms with Crippen LogP contribution in [0.5, 0.6) is 0 Å². The van der Waals surface area contributed by atoms with Crippen LogP contribution >= 0.6 is 0 Å². The highest BCUT2D eigenvalue weighted by Crippen LogP contribution is 2.22. The van der Waals surface area contributed by atoms with Crippen molar-refractivity contribution in [2.45, 2.75) is 48.8 Å². The Morgan fingerprint density at radius 2 is 2.00 bits per heavy atom. The normalized spacial score (nSPS) is 20.3. The molecule has 2 N–H and O–H groups in total. The minimum Gasteiger partial charge on any atom is -0.338 e. The molecule has 128 valence electrons. The molecule has 2 unspecified atom stereocenters. The monoisotopic (exact) mass is 342 g/mol. The lowest BCUT2D eigenvalue weighted by Crippen LogP contribution is -2.48. The Morgan fingerprint density at radius 3 is 2.61 bits per heavy atom. The number of amides is 1. The standard InChI is InChI=1S/C16H23FN2O3S/c1-12(23(21,22)15-7-5-13(17)6-8-15)10-16(20)19-9-3-2-4-14(19)11-18/h5-8,12,14H,2-4,9-11,18H2,1H3. The first-order valence-electron chi connectivity index (χ1n) is 7.85. The number of hydrogen-bond acceptors (Lipinski definition) is 4. The Balaban J connectivity index is 2.09. The van der Waals surface area contributed by atoms with Crippen LogP contribution in [0.4, 0.5) is 4.39 Å². The molecule has 0 radical (unpaired) electrons. The molecule has 1 aliphatic heterocycles. The molecule has 7 heteroatoms. The zero-order chi connectivity index (χ0) is 17.0. The molecule has 0 saturated carbocycles. The van der Waals surface area contributed by atoms with Gasteiger partial charge in [-0.3, -0.25) is 4.79 Å². The lowest BCUT2D eigenvalue weighted by molar-refractivity contribution is -0.134. The van der Waals surface area contributed by atoms with E-state index in [-0.39, 0.29) is 23.3 Å². The first-order valence-corrected chi connectivity index (χ1v) is 9.40. The maximum Gasteiger partial charge on any atom is 0.224 e. The zero-order valence-corrected chi connectivity index (χ0v) is 14.1. The molecular formula is C16H23FN2O3S. The molecule has 0 aliphatic carbocycles. The van der Waals surface area contributed by atoms with Gasteiger partial charge in [-0.25, -0.2) is 12.8 Å². The van der Waals surface area contributed by atoms with Gasteiger partial charge in [0.05, 0.1) is 10.1 Å². The molecule has 1 saturated heterocycles. The molecule has 0 aromatic heterocycles. The van der Waals surface area contributed by atoms with Crippen LogP contribution in [0, 0.1) is 5.82 Å². The van der Waals surface area contributed by atoms with Gasteiger partial charge in [-0.2, -0.15) is 0 Å². The number of nitrogens with two attached hydrogens (primary N) is 1. The van der Waals surface area contributed by atoms with Gasteiger partial charge in [0, 0.05) is 25.6 Å². The average molecular weight is 342 g/mol. The topological polar surface area (TPSA) is 80.5 Å². The van der Waals surface area contributed by atoms with Gasteiger partial charge in [-0.05, 0) is 50.5 Å². The second-order valence-corrected chi connectivity index (χ2v) is 8.35. The molecular weight excluding hydrogens is 319 g/mol. The summed E-state index contributed by atoms with van der Waals surface area (Å²) in [5.74, 6) is -0.676. The molecule has 1 aliphatic rings. The van der Waals surface area contributed by atoms with E-state index in [2.05, 4.69) is 0 Å². The Bertz CT molecular complexity index is 646. The van der Waals surface area contributed by atoms with Crippen molar-refractivity contribution < 1.29 is 17.6 Å². The van der Waals surface area contributed by atoms with Crippen LogP contribution < -0.4 is 5.73 Å². The van der Waals surface area contributed by atoms with Gasteiger partial charge in [-0.15, -0.1) is 0 Å². The van der Waals surface area contributed by atoms with Crippen molar-refractivity contribution in [2.75, 3.05) is 13.1 Å². The summed E-state index contributed by atoms with van der Waals surface area (Å²) >= 11 is 0. The number of carbonyl (C=O) groups is 1.